The molecule has 0 fully saturated rings. The van der Waals surface area contributed by atoms with E-state index < -0.39 is 0 Å². The predicted molar refractivity (Wildman–Crippen MR) is 65.8 cm³/mol. The molecule has 1 aliphatic rings. The van der Waals surface area contributed by atoms with Gasteiger partial charge >= 0.3 is 0 Å². The zero-order chi connectivity index (χ0) is 12.5. The number of rotatable bonds is 2. The van der Waals surface area contributed by atoms with Crippen LogP contribution >= 0.6 is 0 Å². The number of hydrogen-bond acceptors (Lipinski definition) is 4. The van der Waals surface area contributed by atoms with E-state index in [1.54, 1.807) is 0 Å². The van der Waals surface area contributed by atoms with Crippen LogP contribution in [-0.4, -0.2) is 34.8 Å². The molecule has 4 heteroatoms. The summed E-state index contributed by atoms with van der Waals surface area (Å²) in [6.07, 6.45) is 5.29. The van der Waals surface area contributed by atoms with Crippen LogP contribution in [-0.2, 0) is 0 Å². The minimum absolute atomic E-state index is 0.138. The van der Waals surface area contributed by atoms with Crippen LogP contribution in [0.3, 0.4) is 0 Å². The van der Waals surface area contributed by atoms with Crippen LogP contribution in [0.25, 0.3) is 5.57 Å². The fourth-order valence-corrected chi connectivity index (χ4v) is 1.96. The molecule has 0 atom stereocenters. The normalized spacial score (nSPS) is 17.9. The van der Waals surface area contributed by atoms with Crippen LogP contribution in [0.4, 0.5) is 0 Å². The van der Waals surface area contributed by atoms with Crippen molar-refractivity contribution < 1.29 is 9.21 Å². The lowest BCUT2D eigenvalue weighted by molar-refractivity contribution is 0.109. The molecule has 0 aromatic carbocycles. The van der Waals surface area contributed by atoms with Gasteiger partial charge in [0.15, 0.2) is 12.0 Å². The van der Waals surface area contributed by atoms with Crippen LogP contribution in [0.15, 0.2) is 16.7 Å². The molecule has 92 valence electrons. The van der Waals surface area contributed by atoms with Gasteiger partial charge in [-0.05, 0) is 27.2 Å². The van der Waals surface area contributed by atoms with Crippen molar-refractivity contribution in [2.45, 2.75) is 32.7 Å². The fraction of sp³-hybridized carbons (Fsp3) is 0.538. The molecular weight excluding hydrogens is 216 g/mol. The first-order chi connectivity index (χ1) is 8.00. The van der Waals surface area contributed by atoms with Gasteiger partial charge in [0.1, 0.15) is 0 Å². The zero-order valence-electron chi connectivity index (χ0n) is 10.6. The van der Waals surface area contributed by atoms with Crippen LogP contribution in [0.5, 0.6) is 0 Å². The van der Waals surface area contributed by atoms with Gasteiger partial charge < -0.3 is 4.42 Å². The average molecular weight is 234 g/mol. The lowest BCUT2D eigenvalue weighted by atomic mass is 10.0. The number of aldehydes is 1. The molecule has 0 bridgehead atoms. The van der Waals surface area contributed by atoms with Crippen molar-refractivity contribution in [1.29, 1.82) is 0 Å². The van der Waals surface area contributed by atoms with E-state index in [1.807, 2.05) is 0 Å². The molecule has 0 unspecified atom stereocenters. The molecule has 0 amide bonds. The molecule has 1 aromatic heterocycles. The molecule has 0 radical (unpaired) electrons. The van der Waals surface area contributed by atoms with Gasteiger partial charge in [0.2, 0.25) is 5.89 Å². The summed E-state index contributed by atoms with van der Waals surface area (Å²) in [5.74, 6) is 0.856. The van der Waals surface area contributed by atoms with Crippen LogP contribution in [0, 0.1) is 0 Å². The molecular formula is C13H18N2O2. The van der Waals surface area contributed by atoms with Gasteiger partial charge in [-0.25, -0.2) is 4.98 Å². The first-order valence-electron chi connectivity index (χ1n) is 5.86. The van der Waals surface area contributed by atoms with Crippen molar-refractivity contribution in [3.8, 4) is 0 Å². The fourth-order valence-electron chi connectivity index (χ4n) is 1.96. The average Bonchev–Trinajstić information content (AvgIpc) is 2.76. The summed E-state index contributed by atoms with van der Waals surface area (Å²) in [6, 6.07) is 0. The van der Waals surface area contributed by atoms with Gasteiger partial charge in [0.25, 0.3) is 0 Å². The highest BCUT2D eigenvalue weighted by molar-refractivity contribution is 5.71. The number of hydrogen-bond donors (Lipinski definition) is 0. The van der Waals surface area contributed by atoms with Gasteiger partial charge in [-0.15, -0.1) is 0 Å². The van der Waals surface area contributed by atoms with Crippen molar-refractivity contribution >= 4 is 11.9 Å². The van der Waals surface area contributed by atoms with Crippen molar-refractivity contribution in [2.24, 2.45) is 0 Å². The van der Waals surface area contributed by atoms with Crippen molar-refractivity contribution in [2.75, 3.05) is 13.1 Å². The number of aromatic nitrogens is 1. The molecule has 0 aliphatic carbocycles. The maximum absolute atomic E-state index is 10.6. The van der Waals surface area contributed by atoms with E-state index in [0.717, 1.165) is 25.1 Å². The molecule has 0 N–H and O–H groups in total. The number of carbonyl (C=O) groups is 1. The third kappa shape index (κ3) is 2.64. The maximum Gasteiger partial charge on any atom is 0.223 e. The lowest BCUT2D eigenvalue weighted by Gasteiger charge is -2.37. The minimum atomic E-state index is 0.138. The standard InChI is InChI=1S/C13H18N2O2/c1-13(2,3)15-6-4-5-10(8-15)12-14-7-11(9-16)17-12/h5,7,9H,4,6,8H2,1-3H3. The monoisotopic (exact) mass is 234 g/mol. The van der Waals surface area contributed by atoms with Crippen molar-refractivity contribution in [3.63, 3.8) is 0 Å². The first kappa shape index (κ1) is 12.0. The smallest absolute Gasteiger partial charge is 0.223 e. The van der Waals surface area contributed by atoms with Gasteiger partial charge in [0.05, 0.1) is 6.20 Å². The molecule has 0 saturated carbocycles. The minimum Gasteiger partial charge on any atom is -0.434 e. The SMILES string of the molecule is CC(C)(C)N1CCC=C(c2ncc(C=O)o2)C1. The predicted octanol–water partition coefficient (Wildman–Crippen LogP) is 2.37. The molecule has 0 saturated heterocycles. The summed E-state index contributed by atoms with van der Waals surface area (Å²) in [5, 5.41) is 0. The Morgan fingerprint density at radius 3 is 2.82 bits per heavy atom. The van der Waals surface area contributed by atoms with E-state index in [9.17, 15) is 4.79 Å². The highest BCUT2D eigenvalue weighted by Crippen LogP contribution is 2.25. The summed E-state index contributed by atoms with van der Waals surface area (Å²) in [6.45, 7) is 8.46. The van der Waals surface area contributed by atoms with E-state index >= 15 is 0 Å². The molecule has 1 aromatic rings. The third-order valence-electron chi connectivity index (χ3n) is 3.01. The summed E-state index contributed by atoms with van der Waals surface area (Å²) < 4.78 is 5.36. The first-order valence-corrected chi connectivity index (χ1v) is 5.86. The van der Waals surface area contributed by atoms with Crippen LogP contribution < -0.4 is 0 Å². The van der Waals surface area contributed by atoms with E-state index in [-0.39, 0.29) is 11.3 Å². The third-order valence-corrected chi connectivity index (χ3v) is 3.01. The van der Waals surface area contributed by atoms with Gasteiger partial charge in [-0.3, -0.25) is 9.69 Å². The summed E-state index contributed by atoms with van der Waals surface area (Å²) in [4.78, 5) is 17.1. The van der Waals surface area contributed by atoms with Crippen molar-refractivity contribution in [1.82, 2.24) is 9.88 Å². The van der Waals surface area contributed by atoms with E-state index in [1.165, 1.54) is 6.20 Å². The number of oxazole rings is 1. The Balaban J connectivity index is 2.17. The van der Waals surface area contributed by atoms with E-state index in [0.29, 0.717) is 12.2 Å². The molecule has 17 heavy (non-hydrogen) atoms. The number of nitrogens with zero attached hydrogens (tertiary/aromatic N) is 2. The molecule has 4 nitrogen and oxygen atoms in total. The summed E-state index contributed by atoms with van der Waals surface area (Å²) in [5.41, 5.74) is 1.21. The Bertz CT molecular complexity index is 441. The van der Waals surface area contributed by atoms with E-state index in [4.69, 9.17) is 4.42 Å². The Kier molecular flexibility index (Phi) is 3.15. The Morgan fingerprint density at radius 2 is 2.24 bits per heavy atom. The Labute approximate surface area is 101 Å². The topological polar surface area (TPSA) is 46.3 Å². The van der Waals surface area contributed by atoms with Gasteiger partial charge in [-0.2, -0.15) is 0 Å². The lowest BCUT2D eigenvalue weighted by Crippen LogP contribution is -2.44. The second-order valence-corrected chi connectivity index (χ2v) is 5.30. The van der Waals surface area contributed by atoms with E-state index in [2.05, 4.69) is 36.7 Å². The largest absolute Gasteiger partial charge is 0.434 e. The zero-order valence-corrected chi connectivity index (χ0v) is 10.6. The van der Waals surface area contributed by atoms with Gasteiger partial charge in [-0.1, -0.05) is 6.08 Å². The summed E-state index contributed by atoms with van der Waals surface area (Å²) in [7, 11) is 0. The summed E-state index contributed by atoms with van der Waals surface area (Å²) >= 11 is 0. The molecule has 0 spiro atoms. The highest BCUT2D eigenvalue weighted by Gasteiger charge is 2.25. The molecule has 2 heterocycles. The maximum atomic E-state index is 10.6. The quantitative estimate of drug-likeness (QED) is 0.737. The van der Waals surface area contributed by atoms with Crippen LogP contribution in [0.1, 0.15) is 43.6 Å². The number of carbonyl (C=O) groups excluding carboxylic acids is 1. The van der Waals surface area contributed by atoms with Crippen molar-refractivity contribution in [3.05, 3.63) is 23.9 Å². The second-order valence-electron chi connectivity index (χ2n) is 5.30. The molecule has 2 rings (SSSR count). The Hall–Kier alpha value is -1.42. The highest BCUT2D eigenvalue weighted by atomic mass is 16.4. The van der Waals surface area contributed by atoms with Gasteiger partial charge in [0, 0.05) is 24.2 Å². The van der Waals surface area contributed by atoms with Crippen LogP contribution in [0.2, 0.25) is 0 Å². The second kappa shape index (κ2) is 4.45. The molecule has 1 aliphatic heterocycles. The Morgan fingerprint density at radius 1 is 1.47 bits per heavy atom.